The van der Waals surface area contributed by atoms with Crippen molar-refractivity contribution in [3.8, 4) is 0 Å². The van der Waals surface area contributed by atoms with Crippen LogP contribution in [0.2, 0.25) is 0 Å². The van der Waals surface area contributed by atoms with Crippen molar-refractivity contribution in [2.45, 2.75) is 128 Å². The number of nitrogens with two attached hydrogens (primary N) is 5. The molecule has 16 N–H and O–H groups in total. The number of hydrogen-bond donors (Lipinski definition) is 11. The van der Waals surface area contributed by atoms with E-state index in [0.29, 0.717) is 45.2 Å². The van der Waals surface area contributed by atoms with Crippen LogP contribution in [-0.4, -0.2) is 126 Å². The van der Waals surface area contributed by atoms with E-state index in [1.807, 2.05) is 13.8 Å². The molecule has 6 atom stereocenters. The van der Waals surface area contributed by atoms with Gasteiger partial charge in [-0.05, 0) is 96.6 Å². The number of likely N-dealkylation sites (tertiary alicyclic amines) is 1. The van der Waals surface area contributed by atoms with E-state index < -0.39 is 77.7 Å². The Morgan fingerprint density at radius 2 is 1.28 bits per heavy atom. The largest absolute Gasteiger partial charge is 0.480 e. The quantitative estimate of drug-likeness (QED) is 0.0235. The third-order valence-electron chi connectivity index (χ3n) is 8.84. The lowest BCUT2D eigenvalue weighted by Gasteiger charge is -2.31. The van der Waals surface area contributed by atoms with Crippen LogP contribution < -0.4 is 55.3 Å². The van der Waals surface area contributed by atoms with Gasteiger partial charge in [0.2, 0.25) is 35.4 Å². The van der Waals surface area contributed by atoms with E-state index in [-0.39, 0.29) is 70.0 Å². The molecule has 6 amide bonds. The van der Waals surface area contributed by atoms with Crippen molar-refractivity contribution in [3.63, 3.8) is 0 Å². The van der Waals surface area contributed by atoms with Crippen LogP contribution in [0.5, 0.6) is 0 Å². The lowest BCUT2D eigenvalue weighted by molar-refractivity contribution is -0.144. The second kappa shape index (κ2) is 25.5. The van der Waals surface area contributed by atoms with E-state index in [0.717, 1.165) is 0 Å². The summed E-state index contributed by atoms with van der Waals surface area (Å²) in [6, 6.07) is -6.44. The molecule has 20 nitrogen and oxygen atoms in total. The first-order chi connectivity index (χ1) is 25.6. The smallest absolute Gasteiger partial charge is 0.326 e. The Labute approximate surface area is 317 Å². The summed E-state index contributed by atoms with van der Waals surface area (Å²) in [4.78, 5) is 96.6. The molecule has 1 saturated heterocycles. The van der Waals surface area contributed by atoms with E-state index in [9.17, 15) is 38.7 Å². The van der Waals surface area contributed by atoms with Gasteiger partial charge in [-0.2, -0.15) is 0 Å². The van der Waals surface area contributed by atoms with Crippen molar-refractivity contribution in [1.82, 2.24) is 31.5 Å². The lowest BCUT2D eigenvalue weighted by atomic mass is 10.0. The maximum Gasteiger partial charge on any atom is 0.326 e. The third-order valence-corrected chi connectivity index (χ3v) is 8.84. The minimum Gasteiger partial charge on any atom is -0.480 e. The average Bonchev–Trinajstić information content (AvgIpc) is 3.61. The number of amides is 6. The van der Waals surface area contributed by atoms with Crippen molar-refractivity contribution >= 4 is 47.4 Å². The summed E-state index contributed by atoms with van der Waals surface area (Å²) < 4.78 is 0. The molecule has 0 unspecified atom stereocenters. The van der Waals surface area contributed by atoms with Crippen LogP contribution in [-0.2, 0) is 33.6 Å². The molecule has 54 heavy (non-hydrogen) atoms. The summed E-state index contributed by atoms with van der Waals surface area (Å²) in [7, 11) is 0. The summed E-state index contributed by atoms with van der Waals surface area (Å²) in [5, 5.41) is 22.8. The minimum absolute atomic E-state index is 0.0377. The highest BCUT2D eigenvalue weighted by molar-refractivity contribution is 5.97. The average molecular weight is 769 g/mol. The van der Waals surface area contributed by atoms with E-state index in [1.165, 1.54) is 11.8 Å². The molecule has 0 aromatic rings. The molecule has 0 aliphatic carbocycles. The van der Waals surface area contributed by atoms with Crippen molar-refractivity contribution in [2.24, 2.45) is 39.6 Å². The zero-order chi connectivity index (χ0) is 40.8. The van der Waals surface area contributed by atoms with Crippen LogP contribution in [0.15, 0.2) is 4.99 Å². The van der Waals surface area contributed by atoms with Crippen molar-refractivity contribution < 1.29 is 38.7 Å². The molecule has 308 valence electrons. The van der Waals surface area contributed by atoms with Gasteiger partial charge >= 0.3 is 5.97 Å². The van der Waals surface area contributed by atoms with Gasteiger partial charge in [-0.15, -0.1) is 0 Å². The minimum atomic E-state index is -1.22. The number of guanidine groups is 1. The van der Waals surface area contributed by atoms with Crippen LogP contribution in [0.25, 0.3) is 0 Å². The van der Waals surface area contributed by atoms with E-state index in [2.05, 4.69) is 31.6 Å². The number of aliphatic imine (C=N–C) groups is 1. The monoisotopic (exact) mass is 768 g/mol. The summed E-state index contributed by atoms with van der Waals surface area (Å²) in [5.41, 5.74) is 27.5. The van der Waals surface area contributed by atoms with Gasteiger partial charge in [-0.1, -0.05) is 13.8 Å². The first-order valence-corrected chi connectivity index (χ1v) is 18.8. The van der Waals surface area contributed by atoms with Crippen LogP contribution in [0, 0.1) is 5.92 Å². The SMILES string of the molecule is CC(C)C[C@H](NC(=O)[C@H](CCCN=C(N)N)NC(=O)[C@@H]1CCCN1C(=O)[C@H](CCCCN)NC(=O)[C@H](C)NC(=O)[C@H](CCCCN)NC(=O)CN)C(=O)O. The number of carbonyl (C=O) groups excluding carboxylic acids is 6. The number of aliphatic carboxylic acids is 1. The molecule has 0 bridgehead atoms. The van der Waals surface area contributed by atoms with Gasteiger partial charge in [-0.3, -0.25) is 33.8 Å². The number of rotatable bonds is 26. The number of nitrogens with zero attached hydrogens (tertiary/aromatic N) is 2. The lowest BCUT2D eigenvalue weighted by Crippen LogP contribution is -2.59. The van der Waals surface area contributed by atoms with Gasteiger partial charge in [0, 0.05) is 13.1 Å². The fourth-order valence-corrected chi connectivity index (χ4v) is 5.95. The Hall–Kier alpha value is -4.56. The number of carbonyl (C=O) groups is 7. The topological polar surface area (TPSA) is 346 Å². The second-order valence-corrected chi connectivity index (χ2v) is 13.9. The predicted molar refractivity (Wildman–Crippen MR) is 202 cm³/mol. The maximum atomic E-state index is 14.0. The van der Waals surface area contributed by atoms with Crippen molar-refractivity contribution in [3.05, 3.63) is 0 Å². The zero-order valence-electron chi connectivity index (χ0n) is 31.9. The van der Waals surface area contributed by atoms with E-state index in [1.54, 1.807) is 0 Å². The molecule has 1 fully saturated rings. The number of unbranched alkanes of at least 4 members (excludes halogenated alkanes) is 2. The maximum absolute atomic E-state index is 14.0. The van der Waals surface area contributed by atoms with Crippen molar-refractivity contribution in [2.75, 3.05) is 32.7 Å². The molecule has 0 aromatic carbocycles. The van der Waals surface area contributed by atoms with Gasteiger partial charge in [0.25, 0.3) is 0 Å². The molecule has 1 aliphatic heterocycles. The molecule has 0 aromatic heterocycles. The Morgan fingerprint density at radius 1 is 0.722 bits per heavy atom. The van der Waals surface area contributed by atoms with Crippen LogP contribution >= 0.6 is 0 Å². The molecule has 0 spiro atoms. The highest BCUT2D eigenvalue weighted by Crippen LogP contribution is 2.21. The van der Waals surface area contributed by atoms with Gasteiger partial charge in [0.15, 0.2) is 5.96 Å². The van der Waals surface area contributed by atoms with Gasteiger partial charge in [-0.25, -0.2) is 4.79 Å². The number of nitrogens with one attached hydrogen (secondary N) is 5. The second-order valence-electron chi connectivity index (χ2n) is 13.9. The van der Waals surface area contributed by atoms with Gasteiger partial charge in [0.1, 0.15) is 36.3 Å². The normalized spacial score (nSPS) is 16.6. The highest BCUT2D eigenvalue weighted by atomic mass is 16.4. The summed E-state index contributed by atoms with van der Waals surface area (Å²) in [6.07, 6.45) is 3.96. The van der Waals surface area contributed by atoms with Crippen LogP contribution in [0.1, 0.15) is 91.4 Å². The van der Waals surface area contributed by atoms with Crippen LogP contribution in [0.3, 0.4) is 0 Å². The summed E-state index contributed by atoms with van der Waals surface area (Å²) >= 11 is 0. The Balaban J connectivity index is 3.17. The molecule has 0 radical (unpaired) electrons. The van der Waals surface area contributed by atoms with Gasteiger partial charge < -0.3 is 65.3 Å². The first kappa shape index (κ1) is 47.5. The highest BCUT2D eigenvalue weighted by Gasteiger charge is 2.39. The molecule has 1 heterocycles. The zero-order valence-corrected chi connectivity index (χ0v) is 31.9. The molecule has 1 rings (SSSR count). The first-order valence-electron chi connectivity index (χ1n) is 18.8. The predicted octanol–water partition coefficient (Wildman–Crippen LogP) is -3.18. The van der Waals surface area contributed by atoms with Gasteiger partial charge in [0.05, 0.1) is 6.54 Å². The Kier molecular flexibility index (Phi) is 22.4. The van der Waals surface area contributed by atoms with Crippen LogP contribution in [0.4, 0.5) is 0 Å². The molecule has 0 saturated carbocycles. The summed E-state index contributed by atoms with van der Waals surface area (Å²) in [6.45, 7) is 5.86. The number of carboxylic acids is 1. The third kappa shape index (κ3) is 17.5. The fraction of sp³-hybridized carbons (Fsp3) is 0.765. The molecular formula is C34H64N12O8. The molecule has 20 heteroatoms. The Bertz CT molecular complexity index is 1280. The van der Waals surface area contributed by atoms with Crippen molar-refractivity contribution in [1.29, 1.82) is 0 Å². The molecular weight excluding hydrogens is 704 g/mol. The van der Waals surface area contributed by atoms with E-state index in [4.69, 9.17) is 28.7 Å². The number of hydrogen-bond acceptors (Lipinski definition) is 11. The summed E-state index contributed by atoms with van der Waals surface area (Å²) in [5.74, 6) is -5.05. The standard InChI is InChI=1S/C34H64N12O8/c1-20(2)18-25(33(53)54)45-30(50)23(12-8-16-40-34(38)39)43-31(51)26-13-9-17-46(26)32(52)24(11-5-7-15-36)44-28(48)21(3)41-29(49)22(10-4-6-14-35)42-27(47)19-37/h20-26H,4-19,35-37H2,1-3H3,(H,41,49)(H,42,47)(H,43,51)(H,44,48)(H,45,50)(H,53,54)(H4,38,39,40)/t21-,22-,23-,24-,25-,26-/m0/s1. The Morgan fingerprint density at radius 3 is 1.83 bits per heavy atom. The molecule has 1 aliphatic rings. The fourth-order valence-electron chi connectivity index (χ4n) is 5.95. The number of carboxylic acid groups (broad SMARTS) is 1. The van der Waals surface area contributed by atoms with E-state index >= 15 is 0 Å².